The maximum Gasteiger partial charge on any atom is 0.251 e. The van der Waals surface area contributed by atoms with Crippen LogP contribution >= 0.6 is 0 Å². The highest BCUT2D eigenvalue weighted by molar-refractivity contribution is 5.96. The minimum Gasteiger partial charge on any atom is -0.394 e. The zero-order chi connectivity index (χ0) is 12.8. The maximum atomic E-state index is 12.0. The summed E-state index contributed by atoms with van der Waals surface area (Å²) in [6.07, 6.45) is 0. The van der Waals surface area contributed by atoms with Gasteiger partial charge in [-0.15, -0.1) is 0 Å². The first-order chi connectivity index (χ1) is 8.08. The molecule has 0 aliphatic carbocycles. The fraction of sp³-hybridized carbons (Fsp3) is 0.462. The van der Waals surface area contributed by atoms with Gasteiger partial charge in [0.2, 0.25) is 0 Å². The van der Waals surface area contributed by atoms with Gasteiger partial charge in [0, 0.05) is 12.7 Å². The molecule has 1 rings (SSSR count). The monoisotopic (exact) mass is 237 g/mol. The van der Waals surface area contributed by atoms with Gasteiger partial charge < -0.3 is 15.2 Å². The summed E-state index contributed by atoms with van der Waals surface area (Å²) in [5.41, 5.74) is 2.59. The van der Waals surface area contributed by atoms with E-state index in [1.807, 2.05) is 32.0 Å². The molecule has 0 spiro atoms. The molecule has 94 valence electrons. The number of carbonyl (C=O) groups is 1. The lowest BCUT2D eigenvalue weighted by Gasteiger charge is -2.16. The van der Waals surface area contributed by atoms with Crippen LogP contribution in [0.3, 0.4) is 0 Å². The molecule has 0 saturated heterocycles. The van der Waals surface area contributed by atoms with Gasteiger partial charge in [-0.05, 0) is 25.5 Å². The lowest BCUT2D eigenvalue weighted by atomic mass is 10.0. The molecule has 0 heterocycles. The van der Waals surface area contributed by atoms with E-state index in [1.54, 1.807) is 0 Å². The number of amides is 1. The molecule has 0 saturated carbocycles. The Morgan fingerprint density at radius 3 is 2.76 bits per heavy atom. The Morgan fingerprint density at radius 1 is 1.47 bits per heavy atom. The minimum absolute atomic E-state index is 0.134. The molecular formula is C13H19NO3. The summed E-state index contributed by atoms with van der Waals surface area (Å²) in [6, 6.07) is 5.35. The van der Waals surface area contributed by atoms with Crippen molar-refractivity contribution in [2.45, 2.75) is 19.9 Å². The van der Waals surface area contributed by atoms with Crippen LogP contribution in [-0.4, -0.2) is 37.4 Å². The number of methoxy groups -OCH3 is 1. The number of nitrogens with one attached hydrogen (secondary N) is 1. The van der Waals surface area contributed by atoms with E-state index >= 15 is 0 Å². The summed E-state index contributed by atoms with van der Waals surface area (Å²) in [7, 11) is 1.53. The summed E-state index contributed by atoms with van der Waals surface area (Å²) in [4.78, 5) is 12.0. The van der Waals surface area contributed by atoms with E-state index in [2.05, 4.69) is 5.32 Å². The number of rotatable bonds is 5. The van der Waals surface area contributed by atoms with Gasteiger partial charge in [0.05, 0.1) is 19.3 Å². The van der Waals surface area contributed by atoms with Gasteiger partial charge in [0.25, 0.3) is 5.91 Å². The van der Waals surface area contributed by atoms with Crippen molar-refractivity contribution in [1.82, 2.24) is 5.32 Å². The van der Waals surface area contributed by atoms with Crippen LogP contribution in [0.1, 0.15) is 21.5 Å². The third-order valence-corrected chi connectivity index (χ3v) is 2.56. The van der Waals surface area contributed by atoms with Crippen LogP contribution in [0.25, 0.3) is 0 Å². The summed E-state index contributed by atoms with van der Waals surface area (Å²) < 4.78 is 4.91. The van der Waals surface area contributed by atoms with Crippen molar-refractivity contribution in [3.63, 3.8) is 0 Å². The third kappa shape index (κ3) is 3.84. The number of hydrogen-bond donors (Lipinski definition) is 2. The molecule has 4 heteroatoms. The predicted octanol–water partition coefficient (Wildman–Crippen LogP) is 1.04. The molecule has 0 aromatic heterocycles. The Morgan fingerprint density at radius 2 is 2.18 bits per heavy atom. The first-order valence-electron chi connectivity index (χ1n) is 5.56. The van der Waals surface area contributed by atoms with E-state index in [4.69, 9.17) is 9.84 Å². The molecule has 0 aliphatic heterocycles. The Labute approximate surface area is 102 Å². The van der Waals surface area contributed by atoms with E-state index in [0.29, 0.717) is 12.2 Å². The summed E-state index contributed by atoms with van der Waals surface area (Å²) in [5.74, 6) is -0.178. The molecular weight excluding hydrogens is 218 g/mol. The smallest absolute Gasteiger partial charge is 0.251 e. The van der Waals surface area contributed by atoms with Crippen molar-refractivity contribution in [2.24, 2.45) is 0 Å². The van der Waals surface area contributed by atoms with E-state index in [1.165, 1.54) is 7.11 Å². The van der Waals surface area contributed by atoms with Gasteiger partial charge in [0.1, 0.15) is 0 Å². The number of carbonyl (C=O) groups excluding carboxylic acids is 1. The standard InChI is InChI=1S/C13H19NO3/c1-9-4-5-10(2)12(6-9)13(16)14-11(7-15)8-17-3/h4-6,11,15H,7-8H2,1-3H3,(H,14,16). The highest BCUT2D eigenvalue weighted by Crippen LogP contribution is 2.10. The summed E-state index contributed by atoms with van der Waals surface area (Å²) >= 11 is 0. The van der Waals surface area contributed by atoms with E-state index < -0.39 is 0 Å². The van der Waals surface area contributed by atoms with Crippen LogP contribution in [0.2, 0.25) is 0 Å². The van der Waals surface area contributed by atoms with Gasteiger partial charge in [-0.3, -0.25) is 4.79 Å². The van der Waals surface area contributed by atoms with Crippen molar-refractivity contribution < 1.29 is 14.6 Å². The SMILES string of the molecule is COCC(CO)NC(=O)c1cc(C)ccc1C. The zero-order valence-electron chi connectivity index (χ0n) is 10.5. The highest BCUT2D eigenvalue weighted by atomic mass is 16.5. The second kappa shape index (κ2) is 6.37. The number of aliphatic hydroxyl groups excluding tert-OH is 1. The van der Waals surface area contributed by atoms with E-state index in [9.17, 15) is 4.79 Å². The van der Waals surface area contributed by atoms with E-state index in [0.717, 1.165) is 11.1 Å². The van der Waals surface area contributed by atoms with Crippen molar-refractivity contribution in [3.8, 4) is 0 Å². The maximum absolute atomic E-state index is 12.0. The normalized spacial score (nSPS) is 12.2. The van der Waals surface area contributed by atoms with Crippen LogP contribution < -0.4 is 5.32 Å². The Bertz CT molecular complexity index is 390. The largest absolute Gasteiger partial charge is 0.394 e. The van der Waals surface area contributed by atoms with Crippen LogP contribution in [0.15, 0.2) is 18.2 Å². The van der Waals surface area contributed by atoms with Crippen LogP contribution in [0, 0.1) is 13.8 Å². The highest BCUT2D eigenvalue weighted by Gasteiger charge is 2.14. The number of aryl methyl sites for hydroxylation is 2. The van der Waals surface area contributed by atoms with Gasteiger partial charge in [-0.25, -0.2) is 0 Å². The van der Waals surface area contributed by atoms with Gasteiger partial charge >= 0.3 is 0 Å². The number of hydrogen-bond acceptors (Lipinski definition) is 3. The second-order valence-corrected chi connectivity index (χ2v) is 4.13. The molecule has 1 aromatic rings. The van der Waals surface area contributed by atoms with Crippen LogP contribution in [-0.2, 0) is 4.74 Å². The number of benzene rings is 1. The molecule has 2 N–H and O–H groups in total. The van der Waals surface area contributed by atoms with Gasteiger partial charge in [-0.1, -0.05) is 17.7 Å². The molecule has 4 nitrogen and oxygen atoms in total. The Kier molecular flexibility index (Phi) is 5.12. The van der Waals surface area contributed by atoms with Crippen LogP contribution in [0.4, 0.5) is 0 Å². The molecule has 1 unspecified atom stereocenters. The first-order valence-corrected chi connectivity index (χ1v) is 5.56. The molecule has 0 radical (unpaired) electrons. The Hall–Kier alpha value is -1.39. The van der Waals surface area contributed by atoms with Crippen LogP contribution in [0.5, 0.6) is 0 Å². The van der Waals surface area contributed by atoms with Crippen molar-refractivity contribution in [1.29, 1.82) is 0 Å². The number of aliphatic hydroxyl groups is 1. The van der Waals surface area contributed by atoms with Crippen molar-refractivity contribution in [2.75, 3.05) is 20.3 Å². The zero-order valence-corrected chi connectivity index (χ0v) is 10.5. The van der Waals surface area contributed by atoms with Crippen molar-refractivity contribution in [3.05, 3.63) is 34.9 Å². The molecule has 1 aromatic carbocycles. The molecule has 0 aliphatic rings. The molecule has 0 bridgehead atoms. The average molecular weight is 237 g/mol. The molecule has 1 atom stereocenters. The third-order valence-electron chi connectivity index (χ3n) is 2.56. The molecule has 17 heavy (non-hydrogen) atoms. The fourth-order valence-electron chi connectivity index (χ4n) is 1.58. The summed E-state index contributed by atoms with van der Waals surface area (Å²) in [5, 5.41) is 11.8. The second-order valence-electron chi connectivity index (χ2n) is 4.13. The van der Waals surface area contributed by atoms with Crippen molar-refractivity contribution >= 4 is 5.91 Å². The Balaban J connectivity index is 2.78. The molecule has 1 amide bonds. The van der Waals surface area contributed by atoms with Gasteiger partial charge in [-0.2, -0.15) is 0 Å². The quantitative estimate of drug-likeness (QED) is 0.804. The van der Waals surface area contributed by atoms with Gasteiger partial charge in [0.15, 0.2) is 0 Å². The summed E-state index contributed by atoms with van der Waals surface area (Å²) in [6.45, 7) is 3.99. The fourth-order valence-corrected chi connectivity index (χ4v) is 1.58. The predicted molar refractivity (Wildman–Crippen MR) is 66.1 cm³/mol. The lowest BCUT2D eigenvalue weighted by molar-refractivity contribution is 0.0839. The molecule has 0 fully saturated rings. The average Bonchev–Trinajstić information content (AvgIpc) is 2.31. The van der Waals surface area contributed by atoms with E-state index in [-0.39, 0.29) is 18.6 Å². The number of ether oxygens (including phenoxy) is 1. The topological polar surface area (TPSA) is 58.6 Å². The lowest BCUT2D eigenvalue weighted by Crippen LogP contribution is -2.40. The minimum atomic E-state index is -0.368. The first kappa shape index (κ1) is 13.7.